The molecule has 2 aromatic carbocycles. The quantitative estimate of drug-likeness (QED) is 0.0459. The monoisotopic (exact) mass is 1130 g/mol. The number of hydrogen-bond donors (Lipinski definition) is 11. The summed E-state index contributed by atoms with van der Waals surface area (Å²) in [6, 6.07) is 1.81. The van der Waals surface area contributed by atoms with Crippen molar-refractivity contribution in [1.82, 2.24) is 56.6 Å². The number of nitrogens with one attached hydrogen (secondary N) is 7. The molecule has 0 radical (unpaired) electrons. The topological polar surface area (TPSA) is 385 Å². The molecule has 12 N–H and O–H groups in total. The van der Waals surface area contributed by atoms with E-state index in [1.165, 1.54) is 65.3 Å². The standard InChI is InChI=1S/C55H74N12O14/c1-5-30(2)45(64-50(75)42-15-9-21-65(42)52(77)31(3)56)51(76)59-32(4)53(78)67-23-11-16-43(67)54(79)66-22-10-14-41(66)49(74)62-38(25-34-17-19-36(68)20-18-34)47(72)60-37(24-33-12-7-6-8-13-33)46(71)61-39(27-44(69)70)48(73)63-40(55(80)81)26-35-28-57-29-58-35/h6-8,12-13,17-20,28-32,37-43,45,68H,5,9-11,14-16,21-27,56H2,1-4H3,(H,57,58)(H,59,76)(H,60,72)(H,61,71)(H,62,74)(H,63,73)(H,64,75)(H,69,70)(H,80,81)/t30-,31-,32-,37-,38-,39-,40-,41-,42-,43-,45-/m0/s1. The first-order chi connectivity index (χ1) is 38.6. The SMILES string of the molecule is CC[C@H](C)[C@H](NC(=O)[C@@H]1CCCN1C(=O)[C@H](C)N)C(=O)N[C@@H](C)C(=O)N1CCC[C@H]1C(=O)N1CCC[C@H]1C(=O)N[C@@H](Cc1ccc(O)cc1)C(=O)N[C@@H](Cc1ccccc1)C(=O)N[C@@H](CC(=O)O)C(=O)N[C@@H](Cc1cnc[nH]1)C(=O)O. The van der Waals surface area contributed by atoms with Crippen LogP contribution in [0.3, 0.4) is 0 Å². The normalized spacial score (nSPS) is 19.8. The van der Waals surface area contributed by atoms with Crippen molar-refractivity contribution in [2.24, 2.45) is 11.7 Å². The van der Waals surface area contributed by atoms with Gasteiger partial charge in [0.05, 0.1) is 18.8 Å². The molecule has 3 aliphatic heterocycles. The number of aromatic amines is 1. The maximum atomic E-state index is 14.6. The summed E-state index contributed by atoms with van der Waals surface area (Å²) in [6.07, 6.45) is 3.72. The third-order valence-electron chi connectivity index (χ3n) is 14.9. The zero-order valence-electron chi connectivity index (χ0n) is 45.8. The van der Waals surface area contributed by atoms with Crippen molar-refractivity contribution in [2.75, 3.05) is 19.6 Å². The average Bonchev–Trinajstić information content (AvgIpc) is 4.39. The highest BCUT2D eigenvalue weighted by molar-refractivity contribution is 5.99. The molecule has 81 heavy (non-hydrogen) atoms. The lowest BCUT2D eigenvalue weighted by Crippen LogP contribution is -2.60. The maximum absolute atomic E-state index is 14.6. The first kappa shape index (κ1) is 61.8. The molecule has 3 saturated heterocycles. The number of phenols is 1. The number of aromatic nitrogens is 2. The number of benzene rings is 2. The van der Waals surface area contributed by atoms with Crippen molar-refractivity contribution >= 4 is 65.1 Å². The van der Waals surface area contributed by atoms with Crippen molar-refractivity contribution in [1.29, 1.82) is 0 Å². The first-order valence-electron chi connectivity index (χ1n) is 27.3. The van der Waals surface area contributed by atoms with E-state index in [2.05, 4.69) is 41.9 Å². The number of aliphatic carboxylic acids is 2. The van der Waals surface area contributed by atoms with Gasteiger partial charge in [0.25, 0.3) is 0 Å². The molecule has 3 fully saturated rings. The molecule has 6 rings (SSSR count). The number of carboxylic acids is 2. The summed E-state index contributed by atoms with van der Waals surface area (Å²) in [5.74, 6) is -9.84. The van der Waals surface area contributed by atoms with Crippen LogP contribution in [0.15, 0.2) is 67.1 Å². The fourth-order valence-corrected chi connectivity index (χ4v) is 10.3. The highest BCUT2D eigenvalue weighted by Crippen LogP contribution is 2.27. The Morgan fingerprint density at radius 2 is 1.14 bits per heavy atom. The molecule has 3 aliphatic rings. The van der Waals surface area contributed by atoms with Crippen LogP contribution in [0.2, 0.25) is 0 Å². The third kappa shape index (κ3) is 16.6. The maximum Gasteiger partial charge on any atom is 0.326 e. The van der Waals surface area contributed by atoms with Crippen molar-refractivity contribution in [3.05, 3.63) is 83.9 Å². The number of hydrogen-bond acceptors (Lipinski definition) is 14. The number of carbonyl (C=O) groups excluding carboxylic acids is 9. The van der Waals surface area contributed by atoms with Crippen LogP contribution < -0.4 is 37.6 Å². The van der Waals surface area contributed by atoms with Crippen LogP contribution in [0.25, 0.3) is 0 Å². The van der Waals surface area contributed by atoms with Crippen molar-refractivity contribution in [2.45, 2.75) is 159 Å². The molecule has 11 atom stereocenters. The predicted molar refractivity (Wildman–Crippen MR) is 289 cm³/mol. The Kier molecular flexibility index (Phi) is 21.8. The van der Waals surface area contributed by atoms with Gasteiger partial charge in [0.2, 0.25) is 53.2 Å². The number of H-pyrrole nitrogens is 1. The van der Waals surface area contributed by atoms with Gasteiger partial charge in [-0.2, -0.15) is 0 Å². The highest BCUT2D eigenvalue weighted by atomic mass is 16.4. The van der Waals surface area contributed by atoms with Crippen molar-refractivity contribution in [3.8, 4) is 5.75 Å². The third-order valence-corrected chi connectivity index (χ3v) is 14.9. The molecule has 0 bridgehead atoms. The van der Waals surface area contributed by atoms with Gasteiger partial charge >= 0.3 is 11.9 Å². The van der Waals surface area contributed by atoms with Gasteiger partial charge < -0.3 is 72.6 Å². The number of rotatable bonds is 26. The molecular formula is C55H74N12O14. The molecule has 0 unspecified atom stereocenters. The Hall–Kier alpha value is -8.42. The molecule has 0 saturated carbocycles. The van der Waals surface area contributed by atoms with Gasteiger partial charge in [-0.1, -0.05) is 62.7 Å². The van der Waals surface area contributed by atoms with Gasteiger partial charge in [0, 0.05) is 50.8 Å². The average molecular weight is 1130 g/mol. The Balaban J connectivity index is 1.16. The molecule has 9 amide bonds. The summed E-state index contributed by atoms with van der Waals surface area (Å²) in [7, 11) is 0. The van der Waals surface area contributed by atoms with Crippen LogP contribution in [-0.2, 0) is 72.0 Å². The number of phenolic OH excluding ortho intramolecular Hbond substituents is 1. The van der Waals surface area contributed by atoms with Crippen molar-refractivity contribution < 1.29 is 68.1 Å². The van der Waals surface area contributed by atoms with Gasteiger partial charge in [0.15, 0.2) is 0 Å². The van der Waals surface area contributed by atoms with Crippen LogP contribution in [0.5, 0.6) is 5.75 Å². The Labute approximate surface area is 468 Å². The van der Waals surface area contributed by atoms with Gasteiger partial charge in [-0.05, 0) is 81.5 Å². The summed E-state index contributed by atoms with van der Waals surface area (Å²) in [6.45, 7) is 7.27. The van der Waals surface area contributed by atoms with Crippen molar-refractivity contribution in [3.63, 3.8) is 0 Å². The number of amides is 9. The zero-order chi connectivity index (χ0) is 59.1. The lowest BCUT2D eigenvalue weighted by Gasteiger charge is -2.33. The Bertz CT molecular complexity index is 2750. The minimum absolute atomic E-state index is 0.0844. The molecular weight excluding hydrogens is 1050 g/mol. The van der Waals surface area contributed by atoms with Crippen LogP contribution in [0, 0.1) is 5.92 Å². The lowest BCUT2D eigenvalue weighted by atomic mass is 9.97. The number of imidazole rings is 1. The molecule has 4 heterocycles. The molecule has 0 aliphatic carbocycles. The van der Waals surface area contributed by atoms with Gasteiger partial charge in [-0.15, -0.1) is 0 Å². The van der Waals surface area contributed by atoms with Gasteiger partial charge in [-0.25, -0.2) is 9.78 Å². The van der Waals surface area contributed by atoms with E-state index in [4.69, 9.17) is 5.73 Å². The predicted octanol–water partition coefficient (Wildman–Crippen LogP) is -1.00. The molecule has 26 heteroatoms. The van der Waals surface area contributed by atoms with E-state index in [-0.39, 0.29) is 62.8 Å². The van der Waals surface area contributed by atoms with Gasteiger partial charge in [-0.3, -0.25) is 47.9 Å². The van der Waals surface area contributed by atoms with E-state index in [1.54, 1.807) is 37.3 Å². The number of carbonyl (C=O) groups is 11. The fraction of sp³-hybridized carbons (Fsp3) is 0.527. The fourth-order valence-electron chi connectivity index (χ4n) is 10.3. The summed E-state index contributed by atoms with van der Waals surface area (Å²) in [5, 5.41) is 45.3. The second kappa shape index (κ2) is 28.6. The number of carboxylic acid groups (broad SMARTS) is 2. The van der Waals surface area contributed by atoms with E-state index in [0.29, 0.717) is 55.5 Å². The molecule has 438 valence electrons. The minimum atomic E-state index is -1.82. The summed E-state index contributed by atoms with van der Waals surface area (Å²) < 4.78 is 0. The zero-order valence-corrected chi connectivity index (χ0v) is 45.8. The Morgan fingerprint density at radius 3 is 1.70 bits per heavy atom. The molecule has 0 spiro atoms. The highest BCUT2D eigenvalue weighted by Gasteiger charge is 2.45. The summed E-state index contributed by atoms with van der Waals surface area (Å²) in [4.78, 5) is 161. The smallest absolute Gasteiger partial charge is 0.326 e. The van der Waals surface area contributed by atoms with Crippen LogP contribution in [-0.4, -0.2) is 185 Å². The number of likely N-dealkylation sites (tertiary alicyclic amines) is 3. The molecule has 1 aromatic heterocycles. The van der Waals surface area contributed by atoms with Crippen LogP contribution in [0.1, 0.15) is 95.9 Å². The van der Waals surface area contributed by atoms with E-state index < -0.39 is 126 Å². The van der Waals surface area contributed by atoms with Crippen LogP contribution in [0.4, 0.5) is 0 Å². The largest absolute Gasteiger partial charge is 0.508 e. The number of nitrogens with zero attached hydrogens (tertiary/aromatic N) is 4. The second-order valence-electron chi connectivity index (χ2n) is 21.0. The minimum Gasteiger partial charge on any atom is -0.508 e. The van der Waals surface area contributed by atoms with Gasteiger partial charge in [0.1, 0.15) is 60.1 Å². The van der Waals surface area contributed by atoms with E-state index in [1.807, 2.05) is 6.92 Å². The van der Waals surface area contributed by atoms with Crippen LogP contribution >= 0.6 is 0 Å². The molecule has 26 nitrogen and oxygen atoms in total. The number of nitrogens with two attached hydrogens (primary N) is 1. The van der Waals surface area contributed by atoms with E-state index >= 15 is 0 Å². The lowest BCUT2D eigenvalue weighted by molar-refractivity contribution is -0.148. The number of aromatic hydroxyl groups is 1. The van der Waals surface area contributed by atoms with E-state index in [9.17, 15) is 68.1 Å². The second-order valence-corrected chi connectivity index (χ2v) is 21.0. The summed E-state index contributed by atoms with van der Waals surface area (Å²) >= 11 is 0. The Morgan fingerprint density at radius 1 is 0.617 bits per heavy atom. The molecule has 3 aromatic rings. The first-order valence-corrected chi connectivity index (χ1v) is 27.3. The summed E-state index contributed by atoms with van der Waals surface area (Å²) in [5.41, 5.74) is 7.17. The van der Waals surface area contributed by atoms with E-state index in [0.717, 1.165) is 0 Å².